The van der Waals surface area contributed by atoms with E-state index in [1.807, 2.05) is 12.1 Å². The van der Waals surface area contributed by atoms with Crippen LogP contribution in [0.2, 0.25) is 0 Å². The van der Waals surface area contributed by atoms with E-state index in [-0.39, 0.29) is 12.0 Å². The average molecular weight is 357 g/mol. The highest BCUT2D eigenvalue weighted by molar-refractivity contribution is 5.80. The Bertz CT molecular complexity index is 654. The highest BCUT2D eigenvalue weighted by Gasteiger charge is 2.50. The van der Waals surface area contributed by atoms with Crippen molar-refractivity contribution in [3.8, 4) is 5.75 Å². The number of methoxy groups -OCH3 is 1. The van der Waals surface area contributed by atoms with Gasteiger partial charge in [0.2, 0.25) is 5.91 Å². The zero-order chi connectivity index (χ0) is 18.3. The minimum absolute atomic E-state index is 0.0797. The summed E-state index contributed by atoms with van der Waals surface area (Å²) in [7, 11) is 1.70. The van der Waals surface area contributed by atoms with Gasteiger partial charge in [0, 0.05) is 38.3 Å². The zero-order valence-corrected chi connectivity index (χ0v) is 15.9. The molecular weight excluding hydrogens is 326 g/mol. The van der Waals surface area contributed by atoms with Gasteiger partial charge in [0.1, 0.15) is 5.75 Å². The fourth-order valence-electron chi connectivity index (χ4n) is 5.35. The lowest BCUT2D eigenvalue weighted by Gasteiger charge is -2.40. The lowest BCUT2D eigenvalue weighted by molar-refractivity contribution is -0.139. The van der Waals surface area contributed by atoms with Crippen LogP contribution < -0.4 is 10.5 Å². The Kier molecular flexibility index (Phi) is 4.93. The van der Waals surface area contributed by atoms with Crippen LogP contribution in [0.1, 0.15) is 37.8 Å². The molecule has 5 nitrogen and oxygen atoms in total. The van der Waals surface area contributed by atoms with Gasteiger partial charge in [0.25, 0.3) is 0 Å². The van der Waals surface area contributed by atoms with Crippen LogP contribution in [0, 0.1) is 17.8 Å². The number of fused-ring (bicyclic) bond motifs is 2. The Labute approximate surface area is 156 Å². The lowest BCUT2D eigenvalue weighted by Crippen LogP contribution is -2.54. The third kappa shape index (κ3) is 3.12. The Hall–Kier alpha value is -1.59. The van der Waals surface area contributed by atoms with Crippen LogP contribution in [-0.2, 0) is 4.79 Å². The summed E-state index contributed by atoms with van der Waals surface area (Å²) in [5, 5.41) is 0. The summed E-state index contributed by atoms with van der Waals surface area (Å²) >= 11 is 0. The van der Waals surface area contributed by atoms with Crippen LogP contribution in [0.15, 0.2) is 24.3 Å². The van der Waals surface area contributed by atoms with Gasteiger partial charge >= 0.3 is 0 Å². The molecule has 142 valence electrons. The van der Waals surface area contributed by atoms with Gasteiger partial charge in [-0.3, -0.25) is 9.69 Å². The van der Waals surface area contributed by atoms with Gasteiger partial charge in [-0.1, -0.05) is 12.1 Å². The molecule has 4 rings (SSSR count). The Morgan fingerprint density at radius 1 is 1.19 bits per heavy atom. The van der Waals surface area contributed by atoms with Crippen LogP contribution >= 0.6 is 0 Å². The summed E-state index contributed by atoms with van der Waals surface area (Å²) in [6.07, 6.45) is 3.59. The van der Waals surface area contributed by atoms with E-state index in [1.54, 1.807) is 7.11 Å². The molecule has 0 spiro atoms. The van der Waals surface area contributed by atoms with Crippen molar-refractivity contribution < 1.29 is 9.53 Å². The molecule has 1 aromatic rings. The first-order valence-electron chi connectivity index (χ1n) is 10.0. The summed E-state index contributed by atoms with van der Waals surface area (Å²) < 4.78 is 5.35. The quantitative estimate of drug-likeness (QED) is 0.898. The number of carbonyl (C=O) groups is 1. The average Bonchev–Trinajstić information content (AvgIpc) is 3.28. The van der Waals surface area contributed by atoms with Crippen molar-refractivity contribution in [3.63, 3.8) is 0 Å². The van der Waals surface area contributed by atoms with Crippen molar-refractivity contribution in [1.29, 1.82) is 0 Å². The summed E-state index contributed by atoms with van der Waals surface area (Å²) in [5.41, 5.74) is 7.64. The number of rotatable bonds is 4. The van der Waals surface area contributed by atoms with E-state index in [0.29, 0.717) is 23.8 Å². The van der Waals surface area contributed by atoms with E-state index in [9.17, 15) is 4.79 Å². The summed E-state index contributed by atoms with van der Waals surface area (Å²) in [4.78, 5) is 17.6. The first-order valence-corrected chi connectivity index (χ1v) is 10.0. The van der Waals surface area contributed by atoms with Gasteiger partial charge in [-0.15, -0.1) is 0 Å². The minimum atomic E-state index is 0.0797. The maximum absolute atomic E-state index is 13.0. The summed E-state index contributed by atoms with van der Waals surface area (Å²) in [5.74, 6) is 2.42. The van der Waals surface area contributed by atoms with E-state index in [0.717, 1.165) is 31.9 Å². The van der Waals surface area contributed by atoms with E-state index in [1.165, 1.54) is 24.8 Å². The molecule has 1 amide bonds. The van der Waals surface area contributed by atoms with Crippen LogP contribution in [0.3, 0.4) is 0 Å². The number of carbonyl (C=O) groups excluding carboxylic acids is 1. The molecule has 26 heavy (non-hydrogen) atoms. The predicted molar refractivity (Wildman–Crippen MR) is 102 cm³/mol. The number of nitrogens with zero attached hydrogens (tertiary/aromatic N) is 2. The van der Waals surface area contributed by atoms with Crippen molar-refractivity contribution in [2.24, 2.45) is 23.5 Å². The number of hydrogen-bond acceptors (Lipinski definition) is 4. The fourth-order valence-corrected chi connectivity index (χ4v) is 5.35. The maximum Gasteiger partial charge on any atom is 0.227 e. The lowest BCUT2D eigenvalue weighted by atomic mass is 9.84. The molecule has 2 aliphatic carbocycles. The molecule has 2 saturated carbocycles. The second-order valence-electron chi connectivity index (χ2n) is 8.25. The van der Waals surface area contributed by atoms with Gasteiger partial charge in [0.05, 0.1) is 13.0 Å². The largest absolute Gasteiger partial charge is 0.497 e. The van der Waals surface area contributed by atoms with Crippen molar-refractivity contribution in [2.45, 2.75) is 38.3 Å². The van der Waals surface area contributed by atoms with Crippen LogP contribution in [-0.4, -0.2) is 55.0 Å². The molecule has 2 N–H and O–H groups in total. The molecule has 0 aromatic heterocycles. The number of amides is 1. The van der Waals surface area contributed by atoms with E-state index < -0.39 is 0 Å². The van der Waals surface area contributed by atoms with Crippen LogP contribution in [0.5, 0.6) is 5.75 Å². The molecular formula is C21H31N3O2. The van der Waals surface area contributed by atoms with Crippen molar-refractivity contribution in [2.75, 3.05) is 33.3 Å². The molecule has 5 heteroatoms. The normalized spacial score (nSPS) is 32.7. The summed E-state index contributed by atoms with van der Waals surface area (Å²) in [6.45, 7) is 5.69. The molecule has 1 saturated heterocycles. The van der Waals surface area contributed by atoms with Crippen LogP contribution in [0.25, 0.3) is 0 Å². The fraction of sp³-hybridized carbons (Fsp3) is 0.667. The van der Waals surface area contributed by atoms with Crippen molar-refractivity contribution >= 4 is 5.91 Å². The minimum Gasteiger partial charge on any atom is -0.497 e. The topological polar surface area (TPSA) is 58.8 Å². The number of ether oxygens (including phenoxy) is 1. The monoisotopic (exact) mass is 357 g/mol. The second kappa shape index (κ2) is 7.20. The highest BCUT2D eigenvalue weighted by Crippen LogP contribution is 2.48. The molecule has 1 aliphatic heterocycles. The van der Waals surface area contributed by atoms with Gasteiger partial charge in [0.15, 0.2) is 0 Å². The standard InChI is InChI=1S/C21H31N3O2/c1-14(15-4-3-5-18(13-15)26-2)23-8-10-24(11-9-23)21(25)19-16-6-7-17(12-16)20(19)22/h3-5,13-14,16-17,19-20H,6-12,22H2,1-2H3. The Balaban J connectivity index is 1.36. The summed E-state index contributed by atoms with van der Waals surface area (Å²) in [6, 6.07) is 8.70. The predicted octanol–water partition coefficient (Wildman–Crippen LogP) is 2.27. The molecule has 5 atom stereocenters. The van der Waals surface area contributed by atoms with E-state index in [2.05, 4.69) is 28.9 Å². The zero-order valence-electron chi connectivity index (χ0n) is 15.9. The molecule has 2 bridgehead atoms. The number of benzene rings is 1. The smallest absolute Gasteiger partial charge is 0.227 e. The van der Waals surface area contributed by atoms with Gasteiger partial charge in [-0.05, 0) is 55.7 Å². The Morgan fingerprint density at radius 2 is 1.92 bits per heavy atom. The van der Waals surface area contributed by atoms with Gasteiger partial charge in [-0.25, -0.2) is 0 Å². The van der Waals surface area contributed by atoms with Crippen molar-refractivity contribution in [1.82, 2.24) is 9.80 Å². The van der Waals surface area contributed by atoms with E-state index >= 15 is 0 Å². The molecule has 5 unspecified atom stereocenters. The van der Waals surface area contributed by atoms with Gasteiger partial charge < -0.3 is 15.4 Å². The molecule has 1 heterocycles. The van der Waals surface area contributed by atoms with Crippen molar-refractivity contribution in [3.05, 3.63) is 29.8 Å². The van der Waals surface area contributed by atoms with Gasteiger partial charge in [-0.2, -0.15) is 0 Å². The molecule has 0 radical (unpaired) electrons. The van der Waals surface area contributed by atoms with E-state index in [4.69, 9.17) is 10.5 Å². The first kappa shape index (κ1) is 17.8. The highest BCUT2D eigenvalue weighted by atomic mass is 16.5. The number of hydrogen-bond donors (Lipinski definition) is 1. The maximum atomic E-state index is 13.0. The number of piperazine rings is 1. The third-order valence-electron chi connectivity index (χ3n) is 7.02. The second-order valence-corrected chi connectivity index (χ2v) is 8.25. The Morgan fingerprint density at radius 3 is 2.58 bits per heavy atom. The first-order chi connectivity index (χ1) is 12.6. The third-order valence-corrected chi connectivity index (χ3v) is 7.02. The molecule has 3 fully saturated rings. The SMILES string of the molecule is COc1cccc(C(C)N2CCN(C(=O)C3C4CCC(C4)C3N)CC2)c1. The number of nitrogens with two attached hydrogens (primary N) is 1. The molecule has 3 aliphatic rings. The molecule has 1 aromatic carbocycles. The van der Waals surface area contributed by atoms with Crippen LogP contribution in [0.4, 0.5) is 0 Å².